The van der Waals surface area contributed by atoms with E-state index in [0.717, 1.165) is 24.0 Å². The van der Waals surface area contributed by atoms with Gasteiger partial charge < -0.3 is 4.74 Å². The van der Waals surface area contributed by atoms with Gasteiger partial charge in [-0.25, -0.2) is 0 Å². The summed E-state index contributed by atoms with van der Waals surface area (Å²) in [6.07, 6.45) is 0.987. The summed E-state index contributed by atoms with van der Waals surface area (Å²) >= 11 is 7.68. The van der Waals surface area contributed by atoms with Gasteiger partial charge in [-0.05, 0) is 29.7 Å². The molecular weight excluding hydrogens is 264 g/mol. The van der Waals surface area contributed by atoms with Crippen molar-refractivity contribution in [2.24, 2.45) is 0 Å². The minimum Gasteiger partial charge on any atom is -0.376 e. The Morgan fingerprint density at radius 2 is 2.11 bits per heavy atom. The average molecular weight is 279 g/mol. The van der Waals surface area contributed by atoms with Crippen LogP contribution in [0.2, 0.25) is 4.34 Å². The van der Waals surface area contributed by atoms with Crippen molar-refractivity contribution in [1.82, 2.24) is 0 Å². The standard InChI is InChI=1S/C15H15ClOS/c1-15(8-12-6-7-14(16)18-12)10-17-9-11-4-2-3-5-13(11)15/h2-7H,8-10H2,1H3/t15-/m0/s1. The Bertz CT molecular complexity index is 563. The molecule has 0 fully saturated rings. The van der Waals surface area contributed by atoms with Gasteiger partial charge in [0.15, 0.2) is 0 Å². The van der Waals surface area contributed by atoms with E-state index in [1.165, 1.54) is 16.0 Å². The second-order valence-corrected chi connectivity index (χ2v) is 6.89. The van der Waals surface area contributed by atoms with Crippen LogP contribution in [-0.4, -0.2) is 6.61 Å². The van der Waals surface area contributed by atoms with E-state index >= 15 is 0 Å². The molecule has 0 saturated carbocycles. The summed E-state index contributed by atoms with van der Waals surface area (Å²) in [7, 11) is 0. The maximum absolute atomic E-state index is 6.01. The fourth-order valence-electron chi connectivity index (χ4n) is 2.68. The van der Waals surface area contributed by atoms with Crippen LogP contribution >= 0.6 is 22.9 Å². The lowest BCUT2D eigenvalue weighted by Gasteiger charge is -2.35. The van der Waals surface area contributed by atoms with E-state index in [-0.39, 0.29) is 5.41 Å². The first-order valence-electron chi connectivity index (χ1n) is 6.08. The Labute approximate surface area is 116 Å². The van der Waals surface area contributed by atoms with Crippen molar-refractivity contribution >= 4 is 22.9 Å². The molecule has 1 aliphatic heterocycles. The van der Waals surface area contributed by atoms with Crippen LogP contribution in [0, 0.1) is 0 Å². The highest BCUT2D eigenvalue weighted by atomic mass is 35.5. The molecule has 0 saturated heterocycles. The molecule has 0 unspecified atom stereocenters. The van der Waals surface area contributed by atoms with Crippen molar-refractivity contribution < 1.29 is 4.74 Å². The first-order chi connectivity index (χ1) is 8.67. The summed E-state index contributed by atoms with van der Waals surface area (Å²) < 4.78 is 6.62. The van der Waals surface area contributed by atoms with Gasteiger partial charge in [0.1, 0.15) is 0 Å². The number of ether oxygens (including phenoxy) is 1. The zero-order valence-corrected chi connectivity index (χ0v) is 11.9. The van der Waals surface area contributed by atoms with Gasteiger partial charge in [0, 0.05) is 10.3 Å². The number of hydrogen-bond acceptors (Lipinski definition) is 2. The largest absolute Gasteiger partial charge is 0.376 e. The van der Waals surface area contributed by atoms with E-state index in [1.54, 1.807) is 11.3 Å². The molecule has 0 N–H and O–H groups in total. The third kappa shape index (κ3) is 2.20. The van der Waals surface area contributed by atoms with Gasteiger partial charge in [0.2, 0.25) is 0 Å². The summed E-state index contributed by atoms with van der Waals surface area (Å²) in [5.74, 6) is 0. The highest BCUT2D eigenvalue weighted by Gasteiger charge is 2.33. The second kappa shape index (κ2) is 4.69. The van der Waals surface area contributed by atoms with Crippen molar-refractivity contribution in [1.29, 1.82) is 0 Å². The molecule has 0 radical (unpaired) electrons. The minimum absolute atomic E-state index is 0.0586. The first-order valence-corrected chi connectivity index (χ1v) is 7.27. The van der Waals surface area contributed by atoms with Crippen molar-refractivity contribution in [3.63, 3.8) is 0 Å². The summed E-state index contributed by atoms with van der Waals surface area (Å²) in [5.41, 5.74) is 2.79. The number of halogens is 1. The molecule has 3 rings (SSSR count). The Morgan fingerprint density at radius 1 is 1.28 bits per heavy atom. The quantitative estimate of drug-likeness (QED) is 0.789. The molecule has 0 aliphatic carbocycles. The summed E-state index contributed by atoms with van der Waals surface area (Å²) in [5, 5.41) is 0. The predicted octanol–water partition coefficient (Wildman–Crippen LogP) is 4.43. The van der Waals surface area contributed by atoms with Crippen LogP contribution in [0.4, 0.5) is 0 Å². The highest BCUT2D eigenvalue weighted by Crippen LogP contribution is 2.37. The van der Waals surface area contributed by atoms with E-state index < -0.39 is 0 Å². The molecule has 1 aromatic heterocycles. The number of hydrogen-bond donors (Lipinski definition) is 0. The van der Waals surface area contributed by atoms with E-state index in [0.29, 0.717) is 0 Å². The molecular formula is C15H15ClOS. The Kier molecular flexibility index (Phi) is 3.18. The number of benzene rings is 1. The second-order valence-electron chi connectivity index (χ2n) is 5.09. The van der Waals surface area contributed by atoms with Crippen LogP contribution in [0.25, 0.3) is 0 Å². The summed E-state index contributed by atoms with van der Waals surface area (Å²) in [6, 6.07) is 12.7. The van der Waals surface area contributed by atoms with E-state index in [9.17, 15) is 0 Å². The maximum atomic E-state index is 6.01. The van der Waals surface area contributed by atoms with Crippen LogP contribution in [0.3, 0.4) is 0 Å². The maximum Gasteiger partial charge on any atom is 0.0931 e. The zero-order chi connectivity index (χ0) is 12.6. The van der Waals surface area contributed by atoms with Crippen molar-refractivity contribution in [3.05, 3.63) is 56.7 Å². The number of rotatable bonds is 2. The lowest BCUT2D eigenvalue weighted by atomic mass is 9.76. The molecule has 94 valence electrons. The lowest BCUT2D eigenvalue weighted by molar-refractivity contribution is 0.0578. The molecule has 2 aromatic rings. The molecule has 3 heteroatoms. The van der Waals surface area contributed by atoms with E-state index in [1.807, 2.05) is 6.07 Å². The Morgan fingerprint density at radius 3 is 2.89 bits per heavy atom. The minimum atomic E-state index is 0.0586. The fourth-order valence-corrected chi connectivity index (χ4v) is 3.95. The van der Waals surface area contributed by atoms with Crippen LogP contribution in [0.1, 0.15) is 22.9 Å². The smallest absolute Gasteiger partial charge is 0.0931 e. The molecule has 2 heterocycles. The number of fused-ring (bicyclic) bond motifs is 1. The Balaban J connectivity index is 1.95. The average Bonchev–Trinajstić information content (AvgIpc) is 2.75. The van der Waals surface area contributed by atoms with Crippen LogP contribution in [0.15, 0.2) is 36.4 Å². The third-order valence-corrected chi connectivity index (χ3v) is 4.77. The van der Waals surface area contributed by atoms with Gasteiger partial charge in [0.05, 0.1) is 17.6 Å². The highest BCUT2D eigenvalue weighted by molar-refractivity contribution is 7.16. The molecule has 1 atom stereocenters. The molecule has 1 aromatic carbocycles. The van der Waals surface area contributed by atoms with Gasteiger partial charge in [-0.2, -0.15) is 0 Å². The molecule has 0 bridgehead atoms. The molecule has 1 aliphatic rings. The first kappa shape index (κ1) is 12.2. The van der Waals surface area contributed by atoms with Gasteiger partial charge in [-0.3, -0.25) is 0 Å². The normalized spacial score (nSPS) is 22.8. The van der Waals surface area contributed by atoms with Crippen molar-refractivity contribution in [2.45, 2.75) is 25.4 Å². The third-order valence-electron chi connectivity index (χ3n) is 3.54. The van der Waals surface area contributed by atoms with Gasteiger partial charge in [-0.1, -0.05) is 42.8 Å². The lowest BCUT2D eigenvalue weighted by Crippen LogP contribution is -2.35. The molecule has 18 heavy (non-hydrogen) atoms. The molecule has 1 nitrogen and oxygen atoms in total. The van der Waals surface area contributed by atoms with Gasteiger partial charge >= 0.3 is 0 Å². The van der Waals surface area contributed by atoms with Gasteiger partial charge in [-0.15, -0.1) is 11.3 Å². The zero-order valence-electron chi connectivity index (χ0n) is 10.3. The fraction of sp³-hybridized carbons (Fsp3) is 0.333. The molecule has 0 amide bonds. The van der Waals surface area contributed by atoms with Crippen molar-refractivity contribution in [3.8, 4) is 0 Å². The summed E-state index contributed by atoms with van der Waals surface area (Å²) in [4.78, 5) is 1.32. The van der Waals surface area contributed by atoms with Crippen LogP contribution < -0.4 is 0 Å². The topological polar surface area (TPSA) is 9.23 Å². The molecule has 0 spiro atoms. The van der Waals surface area contributed by atoms with E-state index in [2.05, 4.69) is 37.3 Å². The summed E-state index contributed by atoms with van der Waals surface area (Å²) in [6.45, 7) is 3.79. The van der Waals surface area contributed by atoms with Crippen LogP contribution in [-0.2, 0) is 23.2 Å². The SMILES string of the molecule is C[C@]1(Cc2ccc(Cl)s2)COCc2ccccc21. The van der Waals surface area contributed by atoms with Gasteiger partial charge in [0.25, 0.3) is 0 Å². The van der Waals surface area contributed by atoms with Crippen molar-refractivity contribution in [2.75, 3.05) is 6.61 Å². The Hall–Kier alpha value is -0.830. The van der Waals surface area contributed by atoms with Crippen LogP contribution in [0.5, 0.6) is 0 Å². The monoisotopic (exact) mass is 278 g/mol. The predicted molar refractivity (Wildman–Crippen MR) is 76.5 cm³/mol. The number of thiophene rings is 1. The van der Waals surface area contributed by atoms with E-state index in [4.69, 9.17) is 16.3 Å².